The minimum atomic E-state index is 0. The molecule has 0 saturated carbocycles. The summed E-state index contributed by atoms with van der Waals surface area (Å²) in [6, 6.07) is 0. The molecule has 1 aromatic heterocycles. The van der Waals surface area contributed by atoms with Gasteiger partial charge >= 0.3 is 0 Å². The van der Waals surface area contributed by atoms with E-state index in [0.29, 0.717) is 0 Å². The summed E-state index contributed by atoms with van der Waals surface area (Å²) in [6.07, 6.45) is 3.27. The first-order valence-corrected chi connectivity index (χ1v) is 1.70. The van der Waals surface area contributed by atoms with Crippen LogP contribution in [0.3, 0.4) is 0 Å². The minimum Gasteiger partial charge on any atom is -0.381 e. The summed E-state index contributed by atoms with van der Waals surface area (Å²) in [5, 5.41) is 0. The van der Waals surface area contributed by atoms with Crippen LogP contribution in [-0.2, 0) is 32.7 Å². The van der Waals surface area contributed by atoms with Crippen LogP contribution in [0.2, 0.25) is 0 Å². The Morgan fingerprint density at radius 2 is 2.25 bits per heavy atom. The number of hydrogen-bond acceptors (Lipinski definition) is 1. The molecule has 1 rings (SSSR count). The molecule has 0 aromatic carbocycles. The molecule has 0 aliphatic rings. The van der Waals surface area contributed by atoms with Crippen molar-refractivity contribution in [2.24, 2.45) is 0 Å². The van der Waals surface area contributed by atoms with E-state index >= 15 is 0 Å². The number of H-pyrrole nitrogens is 1. The molecule has 0 bridgehead atoms. The fourth-order valence-electron chi connectivity index (χ4n) is 0.285. The third kappa shape index (κ3) is 3.22. The van der Waals surface area contributed by atoms with Gasteiger partial charge in [-0.25, -0.2) is 6.92 Å². The Morgan fingerprint density at radius 3 is 2.38 bits per heavy atom. The molecule has 0 amide bonds. The number of aromatic nitrogens is 2. The van der Waals surface area contributed by atoms with E-state index in [-0.39, 0.29) is 40.1 Å². The SMILES string of the molecule is [CH2-]c1cnc[nH]1.[CH3-].[Y]. The fourth-order valence-corrected chi connectivity index (χ4v) is 0.285. The summed E-state index contributed by atoms with van der Waals surface area (Å²) in [7, 11) is 0. The molecule has 0 fully saturated rings. The quantitative estimate of drug-likeness (QED) is 0.601. The van der Waals surface area contributed by atoms with Crippen molar-refractivity contribution in [3.63, 3.8) is 0 Å². The number of nitrogens with zero attached hydrogens (tertiary/aromatic N) is 1. The number of rotatable bonds is 0. The van der Waals surface area contributed by atoms with Gasteiger partial charge < -0.3 is 17.4 Å². The van der Waals surface area contributed by atoms with Crippen LogP contribution in [0.4, 0.5) is 0 Å². The molecular formula is C5H8N2Y-2. The fraction of sp³-hybridized carbons (Fsp3) is 0. The average molecular weight is 185 g/mol. The summed E-state index contributed by atoms with van der Waals surface area (Å²) in [4.78, 5) is 6.48. The molecule has 0 aliphatic carbocycles. The molecule has 43 valence electrons. The molecular weight excluding hydrogens is 177 g/mol. The van der Waals surface area contributed by atoms with E-state index in [1.165, 1.54) is 0 Å². The zero-order valence-electron chi connectivity index (χ0n) is 4.89. The van der Waals surface area contributed by atoms with Crippen LogP contribution in [-0.4, -0.2) is 9.97 Å². The Kier molecular flexibility index (Phi) is 7.35. The zero-order valence-corrected chi connectivity index (χ0v) is 7.72. The molecule has 0 atom stereocenters. The van der Waals surface area contributed by atoms with Gasteiger partial charge in [0.15, 0.2) is 0 Å². The van der Waals surface area contributed by atoms with Crippen molar-refractivity contribution < 1.29 is 32.7 Å². The number of nitrogens with one attached hydrogen (secondary N) is 1. The second kappa shape index (κ2) is 5.32. The Balaban J connectivity index is 0. The van der Waals surface area contributed by atoms with Gasteiger partial charge in [-0.1, -0.05) is 6.20 Å². The predicted octanol–water partition coefficient (Wildman–Crippen LogP) is 1.04. The average Bonchev–Trinajstić information content (AvgIpc) is 1.86. The Morgan fingerprint density at radius 1 is 1.62 bits per heavy atom. The van der Waals surface area contributed by atoms with Crippen molar-refractivity contribution in [2.45, 2.75) is 0 Å². The van der Waals surface area contributed by atoms with Gasteiger partial charge in [0.2, 0.25) is 0 Å². The standard InChI is InChI=1S/C4H5N2.CH3.Y/c1-4-2-5-3-6-4;;/h2-3H,1H2,(H,5,6);1H3;/q2*-1;. The van der Waals surface area contributed by atoms with E-state index in [1.807, 2.05) is 0 Å². The van der Waals surface area contributed by atoms with Gasteiger partial charge in [0.05, 0.1) is 6.33 Å². The molecule has 1 heterocycles. The number of imidazole rings is 1. The zero-order chi connectivity index (χ0) is 4.41. The third-order valence-corrected chi connectivity index (χ3v) is 0.555. The maximum atomic E-state index is 3.70. The van der Waals surface area contributed by atoms with Crippen LogP contribution in [0, 0.1) is 14.4 Å². The van der Waals surface area contributed by atoms with Crippen molar-refractivity contribution in [3.05, 3.63) is 32.6 Å². The molecule has 0 spiro atoms. The summed E-state index contributed by atoms with van der Waals surface area (Å²) >= 11 is 0. The summed E-state index contributed by atoms with van der Waals surface area (Å²) in [5.74, 6) is 0. The molecule has 0 unspecified atom stereocenters. The smallest absolute Gasteiger partial charge is 0.0699 e. The molecule has 1 aromatic rings. The first-order chi connectivity index (χ1) is 2.89. The normalized spacial score (nSPS) is 6.50. The molecule has 1 radical (unpaired) electrons. The first kappa shape index (κ1) is 11.0. The van der Waals surface area contributed by atoms with Crippen LogP contribution in [0.25, 0.3) is 0 Å². The number of aromatic amines is 1. The summed E-state index contributed by atoms with van der Waals surface area (Å²) in [5.41, 5.74) is 0.856. The van der Waals surface area contributed by atoms with Crippen molar-refractivity contribution in [1.82, 2.24) is 9.97 Å². The van der Waals surface area contributed by atoms with Gasteiger partial charge in [0, 0.05) is 32.7 Å². The second-order valence-corrected chi connectivity index (χ2v) is 1.08. The number of hydrogen-bond donors (Lipinski definition) is 1. The van der Waals surface area contributed by atoms with Gasteiger partial charge in [-0.05, 0) is 0 Å². The van der Waals surface area contributed by atoms with E-state index in [1.54, 1.807) is 12.5 Å². The van der Waals surface area contributed by atoms with Gasteiger partial charge in [-0.15, -0.1) is 5.69 Å². The molecule has 0 saturated heterocycles. The van der Waals surface area contributed by atoms with E-state index < -0.39 is 0 Å². The molecule has 3 heteroatoms. The van der Waals surface area contributed by atoms with Crippen LogP contribution in [0.5, 0.6) is 0 Å². The monoisotopic (exact) mass is 185 g/mol. The van der Waals surface area contributed by atoms with E-state index in [2.05, 4.69) is 16.9 Å². The van der Waals surface area contributed by atoms with Crippen molar-refractivity contribution in [3.8, 4) is 0 Å². The topological polar surface area (TPSA) is 28.7 Å². The first-order valence-electron chi connectivity index (χ1n) is 1.70. The summed E-state index contributed by atoms with van der Waals surface area (Å²) < 4.78 is 0. The maximum Gasteiger partial charge on any atom is 0.0699 e. The molecule has 1 N–H and O–H groups in total. The van der Waals surface area contributed by atoms with Crippen LogP contribution in [0.15, 0.2) is 12.5 Å². The summed E-state index contributed by atoms with van der Waals surface area (Å²) in [6.45, 7) is 3.56. The van der Waals surface area contributed by atoms with Gasteiger partial charge in [0.1, 0.15) is 0 Å². The van der Waals surface area contributed by atoms with E-state index in [9.17, 15) is 0 Å². The van der Waals surface area contributed by atoms with Gasteiger partial charge in [0.25, 0.3) is 0 Å². The molecule has 0 aliphatic heterocycles. The Hall–Kier alpha value is 0.184. The largest absolute Gasteiger partial charge is 0.381 e. The van der Waals surface area contributed by atoms with Crippen LogP contribution < -0.4 is 0 Å². The molecule has 8 heavy (non-hydrogen) atoms. The van der Waals surface area contributed by atoms with Crippen molar-refractivity contribution in [2.75, 3.05) is 0 Å². The minimum absolute atomic E-state index is 0. The van der Waals surface area contributed by atoms with Crippen LogP contribution >= 0.6 is 0 Å². The van der Waals surface area contributed by atoms with E-state index in [0.717, 1.165) is 5.69 Å². The van der Waals surface area contributed by atoms with E-state index in [4.69, 9.17) is 0 Å². The molecule has 2 nitrogen and oxygen atoms in total. The second-order valence-electron chi connectivity index (χ2n) is 1.08. The van der Waals surface area contributed by atoms with Gasteiger partial charge in [-0.2, -0.15) is 0 Å². The van der Waals surface area contributed by atoms with Crippen molar-refractivity contribution in [1.29, 1.82) is 0 Å². The Bertz CT molecular complexity index is 114. The van der Waals surface area contributed by atoms with Gasteiger partial charge in [-0.3, -0.25) is 0 Å². The predicted molar refractivity (Wildman–Crippen MR) is 29.5 cm³/mol. The third-order valence-electron chi connectivity index (χ3n) is 0.555. The Labute approximate surface area is 75.0 Å². The van der Waals surface area contributed by atoms with Crippen molar-refractivity contribution >= 4 is 0 Å². The maximum absolute atomic E-state index is 3.70. The van der Waals surface area contributed by atoms with Crippen LogP contribution in [0.1, 0.15) is 5.69 Å².